The molecule has 0 N–H and O–H groups in total. The fourth-order valence-corrected chi connectivity index (χ4v) is 10.8. The monoisotopic (exact) mass is 446 g/mol. The van der Waals surface area contributed by atoms with Gasteiger partial charge in [0.1, 0.15) is 0 Å². The van der Waals surface area contributed by atoms with Crippen molar-refractivity contribution >= 4 is 11.8 Å². The molecule has 0 spiro atoms. The zero-order chi connectivity index (χ0) is 22.0. The summed E-state index contributed by atoms with van der Waals surface area (Å²) in [7, 11) is 0. The maximum Gasteiger partial charge on any atom is 0.00866 e. The van der Waals surface area contributed by atoms with Crippen molar-refractivity contribution in [3.8, 4) is 0 Å². The molecule has 3 aliphatic carbocycles. The Hall–Kier alpha value is 0.350. The van der Waals surface area contributed by atoms with E-state index in [1.165, 1.54) is 103 Å². The van der Waals surface area contributed by atoms with E-state index in [4.69, 9.17) is 0 Å². The molecule has 3 saturated carbocycles. The van der Waals surface area contributed by atoms with Crippen molar-refractivity contribution in [2.75, 3.05) is 0 Å². The van der Waals surface area contributed by atoms with Crippen LogP contribution in [0.4, 0.5) is 0 Å². The summed E-state index contributed by atoms with van der Waals surface area (Å²) >= 11 is 2.51. The normalized spacial score (nSPS) is 43.0. The van der Waals surface area contributed by atoms with E-state index >= 15 is 0 Å². The van der Waals surface area contributed by atoms with Gasteiger partial charge in [-0.25, -0.2) is 0 Å². The molecule has 0 amide bonds. The molecule has 180 valence electrons. The fraction of sp³-hybridized carbons (Fsp3) is 1.00. The molecule has 1 heteroatoms. The van der Waals surface area contributed by atoms with Crippen molar-refractivity contribution in [2.24, 2.45) is 28.1 Å². The molecular weight excluding hydrogens is 392 g/mol. The lowest BCUT2D eigenvalue weighted by Gasteiger charge is -2.50. The van der Waals surface area contributed by atoms with Gasteiger partial charge in [-0.05, 0) is 92.3 Å². The molecule has 0 radical (unpaired) electrons. The van der Waals surface area contributed by atoms with Gasteiger partial charge >= 0.3 is 0 Å². The van der Waals surface area contributed by atoms with E-state index in [0.29, 0.717) is 16.2 Å². The largest absolute Gasteiger partial charge is 0.155 e. The number of rotatable bonds is 7. The molecule has 0 bridgehead atoms. The van der Waals surface area contributed by atoms with Crippen LogP contribution in [-0.2, 0) is 0 Å². The second kappa shape index (κ2) is 10.3. The number of hydrogen-bond donors (Lipinski definition) is 0. The average Bonchev–Trinajstić information content (AvgIpc) is 2.86. The lowest BCUT2D eigenvalue weighted by molar-refractivity contribution is 0.0145. The highest BCUT2D eigenvalue weighted by molar-refractivity contribution is 8.00. The Morgan fingerprint density at radius 3 is 2.10 bits per heavy atom. The Morgan fingerprint density at radius 2 is 1.32 bits per heavy atom. The molecule has 6 unspecified atom stereocenters. The van der Waals surface area contributed by atoms with E-state index < -0.39 is 0 Å². The second-order valence-electron chi connectivity index (χ2n) is 13.4. The van der Waals surface area contributed by atoms with E-state index in [0.717, 1.165) is 22.3 Å². The highest BCUT2D eigenvalue weighted by atomic mass is 32.2. The first-order chi connectivity index (χ1) is 14.9. The van der Waals surface area contributed by atoms with Crippen molar-refractivity contribution in [1.29, 1.82) is 0 Å². The van der Waals surface area contributed by atoms with Gasteiger partial charge in [0.05, 0.1) is 0 Å². The van der Waals surface area contributed by atoms with Crippen LogP contribution in [0.1, 0.15) is 150 Å². The highest BCUT2D eigenvalue weighted by Crippen LogP contribution is 2.62. The van der Waals surface area contributed by atoms with Crippen molar-refractivity contribution in [1.82, 2.24) is 0 Å². The smallest absolute Gasteiger partial charge is 0.00866 e. The third-order valence-electron chi connectivity index (χ3n) is 11.2. The molecule has 6 atom stereocenters. The Morgan fingerprint density at radius 1 is 0.645 bits per heavy atom. The number of fused-ring (bicyclic) bond motifs is 3. The minimum Gasteiger partial charge on any atom is -0.155 e. The van der Waals surface area contributed by atoms with Crippen LogP contribution in [0.25, 0.3) is 0 Å². The van der Waals surface area contributed by atoms with Crippen molar-refractivity contribution in [3.05, 3.63) is 0 Å². The molecule has 0 nitrogen and oxygen atoms in total. The number of thioether (sulfide) groups is 1. The number of unbranched alkanes of at least 4 members (excludes halogenated alkanes) is 4. The van der Waals surface area contributed by atoms with E-state index in [2.05, 4.69) is 39.5 Å². The molecule has 4 aliphatic rings. The van der Waals surface area contributed by atoms with Crippen LogP contribution in [0.2, 0.25) is 0 Å². The van der Waals surface area contributed by atoms with Crippen LogP contribution in [0.15, 0.2) is 0 Å². The third-order valence-corrected chi connectivity index (χ3v) is 13.0. The molecule has 31 heavy (non-hydrogen) atoms. The Labute approximate surface area is 199 Å². The van der Waals surface area contributed by atoms with Crippen molar-refractivity contribution < 1.29 is 0 Å². The lowest BCUT2D eigenvalue weighted by Crippen LogP contribution is -2.40. The van der Waals surface area contributed by atoms with Crippen LogP contribution in [-0.4, -0.2) is 10.5 Å². The first kappa shape index (κ1) is 24.5. The molecule has 4 rings (SSSR count). The predicted molar refractivity (Wildman–Crippen MR) is 140 cm³/mol. The summed E-state index contributed by atoms with van der Waals surface area (Å²) in [6, 6.07) is 0. The van der Waals surface area contributed by atoms with E-state index in [1.807, 2.05) is 0 Å². The molecule has 0 aromatic carbocycles. The minimum absolute atomic E-state index is 0.608. The van der Waals surface area contributed by atoms with Gasteiger partial charge in [-0.3, -0.25) is 0 Å². The maximum atomic E-state index is 2.73. The summed E-state index contributed by atoms with van der Waals surface area (Å²) < 4.78 is 0. The molecular formula is C30H54S. The van der Waals surface area contributed by atoms with Crippen LogP contribution in [0.5, 0.6) is 0 Å². The quantitative estimate of drug-likeness (QED) is 0.350. The summed E-state index contributed by atoms with van der Waals surface area (Å²) in [5.41, 5.74) is 1.89. The first-order valence-corrected chi connectivity index (χ1v) is 15.5. The fourth-order valence-electron chi connectivity index (χ4n) is 8.55. The zero-order valence-electron chi connectivity index (χ0n) is 21.7. The van der Waals surface area contributed by atoms with Crippen LogP contribution in [0, 0.1) is 28.1 Å². The van der Waals surface area contributed by atoms with Gasteiger partial charge in [-0.2, -0.15) is 11.8 Å². The van der Waals surface area contributed by atoms with Crippen molar-refractivity contribution in [2.45, 2.75) is 160 Å². The zero-order valence-corrected chi connectivity index (χ0v) is 22.5. The molecule has 0 aromatic rings. The van der Waals surface area contributed by atoms with Gasteiger partial charge in [0.2, 0.25) is 0 Å². The maximum absolute atomic E-state index is 2.73. The van der Waals surface area contributed by atoms with Gasteiger partial charge in [0, 0.05) is 10.5 Å². The minimum atomic E-state index is 0.608. The summed E-state index contributed by atoms with van der Waals surface area (Å²) in [6.07, 6.45) is 28.5. The lowest BCUT2D eigenvalue weighted by atomic mass is 9.56. The standard InChI is InChI=1S/C30H54S/c1-5-6-7-8-10-17-28(2)21-15-25-24-14-13-20-30(4,29(3)18-11-9-12-19-29)23-27(24)31-26(25)16-22-28/h24-27H,5-23H2,1-4H3. The third kappa shape index (κ3) is 5.38. The van der Waals surface area contributed by atoms with Gasteiger partial charge < -0.3 is 0 Å². The van der Waals surface area contributed by atoms with Crippen molar-refractivity contribution in [3.63, 3.8) is 0 Å². The predicted octanol–water partition coefficient (Wildman–Crippen LogP) is 10.2. The second-order valence-corrected chi connectivity index (χ2v) is 14.9. The molecule has 0 aromatic heterocycles. The van der Waals surface area contributed by atoms with Crippen LogP contribution in [0.3, 0.4) is 0 Å². The van der Waals surface area contributed by atoms with Gasteiger partial charge in [-0.1, -0.05) is 85.5 Å². The average molecular weight is 447 g/mol. The topological polar surface area (TPSA) is 0 Å². The van der Waals surface area contributed by atoms with E-state index in [-0.39, 0.29) is 0 Å². The van der Waals surface area contributed by atoms with E-state index in [9.17, 15) is 0 Å². The van der Waals surface area contributed by atoms with Crippen LogP contribution < -0.4 is 0 Å². The van der Waals surface area contributed by atoms with E-state index in [1.54, 1.807) is 19.3 Å². The summed E-state index contributed by atoms with van der Waals surface area (Å²) in [5.74, 6) is 2.11. The summed E-state index contributed by atoms with van der Waals surface area (Å²) in [6.45, 7) is 10.4. The Balaban J connectivity index is 1.36. The molecule has 4 fully saturated rings. The first-order valence-electron chi connectivity index (χ1n) is 14.5. The number of hydrogen-bond acceptors (Lipinski definition) is 1. The Kier molecular flexibility index (Phi) is 8.14. The summed E-state index contributed by atoms with van der Waals surface area (Å²) in [5, 5.41) is 1.98. The Bertz CT molecular complexity index is 563. The molecule has 1 aliphatic heterocycles. The van der Waals surface area contributed by atoms with Gasteiger partial charge in [0.15, 0.2) is 0 Å². The summed E-state index contributed by atoms with van der Waals surface area (Å²) in [4.78, 5) is 0. The molecule has 1 saturated heterocycles. The van der Waals surface area contributed by atoms with Crippen LogP contribution >= 0.6 is 11.8 Å². The highest BCUT2D eigenvalue weighted by Gasteiger charge is 2.53. The van der Waals surface area contributed by atoms with Gasteiger partial charge in [0.25, 0.3) is 0 Å². The SMILES string of the molecule is CCCCCCCC1(C)CCC2SC3CC(C)(C4(C)CCCCC4)CCCC3C2CC1. The van der Waals surface area contributed by atoms with Gasteiger partial charge in [-0.15, -0.1) is 0 Å². The molecule has 1 heterocycles.